The Morgan fingerprint density at radius 1 is 1.27 bits per heavy atom. The summed E-state index contributed by atoms with van der Waals surface area (Å²) in [7, 11) is 1.41. The lowest BCUT2D eigenvalue weighted by atomic mass is 9.88. The van der Waals surface area contributed by atoms with Gasteiger partial charge in [0.25, 0.3) is 0 Å². The molecule has 0 bridgehead atoms. The molecule has 0 aromatic rings. The second-order valence-corrected chi connectivity index (χ2v) is 7.71. The van der Waals surface area contributed by atoms with Gasteiger partial charge in [-0.3, -0.25) is 9.59 Å². The molecule has 0 radical (unpaired) electrons. The fourth-order valence-corrected chi connectivity index (χ4v) is 3.41. The van der Waals surface area contributed by atoms with E-state index in [1.807, 2.05) is 19.1 Å². The van der Waals surface area contributed by atoms with Crippen molar-refractivity contribution in [2.75, 3.05) is 7.11 Å². The molecule has 4 heteroatoms. The smallest absolute Gasteiger partial charge is 0.305 e. The van der Waals surface area contributed by atoms with Crippen LogP contribution in [0.25, 0.3) is 0 Å². The molecular formula is C22H36O4. The van der Waals surface area contributed by atoms with Gasteiger partial charge in [-0.25, -0.2) is 0 Å². The lowest BCUT2D eigenvalue weighted by Crippen LogP contribution is -2.22. The minimum absolute atomic E-state index is 0.0347. The molecule has 3 atom stereocenters. The minimum atomic E-state index is -0.659. The molecular weight excluding hydrogens is 328 g/mol. The summed E-state index contributed by atoms with van der Waals surface area (Å²) >= 11 is 0. The number of methoxy groups -OCH3 is 1. The summed E-state index contributed by atoms with van der Waals surface area (Å²) in [5, 5.41) is 10.3. The first-order valence-corrected chi connectivity index (χ1v) is 10.1. The Morgan fingerprint density at radius 3 is 2.69 bits per heavy atom. The fraction of sp³-hybridized carbons (Fsp3) is 0.727. The highest BCUT2D eigenvalue weighted by Crippen LogP contribution is 2.29. The summed E-state index contributed by atoms with van der Waals surface area (Å²) in [5.74, 6) is 0.249. The van der Waals surface area contributed by atoms with E-state index >= 15 is 0 Å². The molecule has 0 saturated heterocycles. The number of esters is 1. The molecule has 0 unspecified atom stereocenters. The number of carbonyl (C=O) groups excluding carboxylic acids is 2. The zero-order chi connectivity index (χ0) is 19.4. The van der Waals surface area contributed by atoms with Crippen molar-refractivity contribution < 1.29 is 19.4 Å². The standard InChI is InChI=1S/C22H36O4/c1-4-5-16-22(2,25)17-10-11-18-14-15-20(23)19(18)12-8-6-7-9-13-21(24)26-3/h10-11,14-15,18-19,25H,4-9,12-13,16-17H2,1-3H3/b11-10+/t18-,19+,22-/m1/s1. The first-order valence-electron chi connectivity index (χ1n) is 10.1. The molecule has 0 saturated carbocycles. The normalized spacial score (nSPS) is 22.1. The van der Waals surface area contributed by atoms with Crippen LogP contribution in [0, 0.1) is 11.8 Å². The number of hydrogen-bond donors (Lipinski definition) is 1. The van der Waals surface area contributed by atoms with Crippen LogP contribution in [0.4, 0.5) is 0 Å². The first kappa shape index (κ1) is 22.6. The molecule has 1 N–H and O–H groups in total. The summed E-state index contributed by atoms with van der Waals surface area (Å²) in [4.78, 5) is 23.2. The summed E-state index contributed by atoms with van der Waals surface area (Å²) in [6.07, 6.45) is 16.6. The SMILES string of the molecule is CCCC[C@@](C)(O)C/C=C/[C@@H]1C=CC(=O)[C@H]1CCCCCCC(=O)OC. The molecule has 1 aliphatic carbocycles. The van der Waals surface area contributed by atoms with Crippen LogP contribution in [-0.4, -0.2) is 29.6 Å². The van der Waals surface area contributed by atoms with Gasteiger partial charge in [0, 0.05) is 18.3 Å². The highest BCUT2D eigenvalue weighted by atomic mass is 16.5. The van der Waals surface area contributed by atoms with Crippen molar-refractivity contribution in [1.82, 2.24) is 0 Å². The molecule has 1 rings (SSSR count). The van der Waals surface area contributed by atoms with Crippen molar-refractivity contribution in [2.24, 2.45) is 11.8 Å². The highest BCUT2D eigenvalue weighted by Gasteiger charge is 2.27. The Bertz CT molecular complexity index is 490. The summed E-state index contributed by atoms with van der Waals surface area (Å²) in [6.45, 7) is 4.01. The van der Waals surface area contributed by atoms with E-state index in [1.165, 1.54) is 7.11 Å². The van der Waals surface area contributed by atoms with Gasteiger partial charge in [-0.15, -0.1) is 0 Å². The summed E-state index contributed by atoms with van der Waals surface area (Å²) in [6, 6.07) is 0. The van der Waals surface area contributed by atoms with E-state index in [1.54, 1.807) is 6.08 Å². The maximum absolute atomic E-state index is 12.1. The van der Waals surface area contributed by atoms with Gasteiger partial charge in [0.1, 0.15) is 0 Å². The van der Waals surface area contributed by atoms with Crippen molar-refractivity contribution >= 4 is 11.8 Å². The molecule has 0 amide bonds. The summed E-state index contributed by atoms with van der Waals surface area (Å²) in [5.41, 5.74) is -0.659. The molecule has 0 aromatic heterocycles. The third kappa shape index (κ3) is 8.79. The lowest BCUT2D eigenvalue weighted by Gasteiger charge is -2.21. The number of ketones is 1. The van der Waals surface area contributed by atoms with Gasteiger partial charge >= 0.3 is 5.97 Å². The van der Waals surface area contributed by atoms with Gasteiger partial charge in [0.05, 0.1) is 12.7 Å². The number of unbranched alkanes of at least 4 members (excludes halogenated alkanes) is 4. The maximum Gasteiger partial charge on any atom is 0.305 e. The van der Waals surface area contributed by atoms with Crippen molar-refractivity contribution in [2.45, 2.75) is 83.7 Å². The van der Waals surface area contributed by atoms with Crippen LogP contribution in [-0.2, 0) is 14.3 Å². The topological polar surface area (TPSA) is 63.6 Å². The second-order valence-electron chi connectivity index (χ2n) is 7.71. The Kier molecular flexibility index (Phi) is 10.5. The first-order chi connectivity index (χ1) is 12.4. The Hall–Kier alpha value is -1.42. The van der Waals surface area contributed by atoms with Crippen LogP contribution >= 0.6 is 0 Å². The van der Waals surface area contributed by atoms with Crippen LogP contribution in [0.15, 0.2) is 24.3 Å². The molecule has 148 valence electrons. The quantitative estimate of drug-likeness (QED) is 0.291. The van der Waals surface area contributed by atoms with Gasteiger partial charge in [0.2, 0.25) is 0 Å². The average Bonchev–Trinajstić information content (AvgIpc) is 2.96. The molecule has 0 aromatic carbocycles. The van der Waals surface area contributed by atoms with Crippen LogP contribution < -0.4 is 0 Å². The zero-order valence-electron chi connectivity index (χ0n) is 16.7. The Labute approximate surface area is 158 Å². The number of ether oxygens (including phenoxy) is 1. The van der Waals surface area contributed by atoms with Crippen molar-refractivity contribution in [1.29, 1.82) is 0 Å². The van der Waals surface area contributed by atoms with E-state index in [0.717, 1.165) is 51.4 Å². The van der Waals surface area contributed by atoms with Crippen molar-refractivity contribution in [3.05, 3.63) is 24.3 Å². The molecule has 0 heterocycles. The van der Waals surface area contributed by atoms with E-state index in [4.69, 9.17) is 0 Å². The second kappa shape index (κ2) is 12.1. The predicted octanol–water partition coefficient (Wildman–Crippen LogP) is 4.76. The number of hydrogen-bond acceptors (Lipinski definition) is 4. The van der Waals surface area contributed by atoms with Gasteiger partial charge in [-0.1, -0.05) is 57.3 Å². The Balaban J connectivity index is 2.32. The van der Waals surface area contributed by atoms with E-state index in [0.29, 0.717) is 12.8 Å². The van der Waals surface area contributed by atoms with E-state index in [2.05, 4.69) is 17.7 Å². The number of rotatable bonds is 13. The summed E-state index contributed by atoms with van der Waals surface area (Å²) < 4.78 is 4.63. The van der Waals surface area contributed by atoms with Gasteiger partial charge in [0.15, 0.2) is 5.78 Å². The molecule has 0 spiro atoms. The van der Waals surface area contributed by atoms with Crippen LogP contribution in [0.1, 0.15) is 78.1 Å². The molecule has 26 heavy (non-hydrogen) atoms. The molecule has 4 nitrogen and oxygen atoms in total. The minimum Gasteiger partial charge on any atom is -0.469 e. The number of allylic oxidation sites excluding steroid dienone is 3. The molecule has 0 fully saturated rings. The highest BCUT2D eigenvalue weighted by molar-refractivity contribution is 5.94. The number of aliphatic hydroxyl groups is 1. The van der Waals surface area contributed by atoms with E-state index in [-0.39, 0.29) is 23.6 Å². The third-order valence-electron chi connectivity index (χ3n) is 5.17. The van der Waals surface area contributed by atoms with Gasteiger partial charge < -0.3 is 9.84 Å². The van der Waals surface area contributed by atoms with Crippen LogP contribution in [0.3, 0.4) is 0 Å². The fourth-order valence-electron chi connectivity index (χ4n) is 3.41. The van der Waals surface area contributed by atoms with Gasteiger partial charge in [-0.2, -0.15) is 0 Å². The third-order valence-corrected chi connectivity index (χ3v) is 5.17. The largest absolute Gasteiger partial charge is 0.469 e. The van der Waals surface area contributed by atoms with Crippen molar-refractivity contribution in [3.63, 3.8) is 0 Å². The monoisotopic (exact) mass is 364 g/mol. The maximum atomic E-state index is 12.1. The molecule has 1 aliphatic rings. The molecule has 0 aliphatic heterocycles. The number of carbonyl (C=O) groups is 2. The predicted molar refractivity (Wildman–Crippen MR) is 105 cm³/mol. The van der Waals surface area contributed by atoms with E-state index in [9.17, 15) is 14.7 Å². The van der Waals surface area contributed by atoms with Crippen molar-refractivity contribution in [3.8, 4) is 0 Å². The van der Waals surface area contributed by atoms with Gasteiger partial charge in [-0.05, 0) is 38.7 Å². The average molecular weight is 365 g/mol. The Morgan fingerprint density at radius 2 is 2.00 bits per heavy atom. The van der Waals surface area contributed by atoms with Crippen LogP contribution in [0.5, 0.6) is 0 Å². The lowest BCUT2D eigenvalue weighted by molar-refractivity contribution is -0.140. The van der Waals surface area contributed by atoms with E-state index < -0.39 is 5.60 Å². The van der Waals surface area contributed by atoms with Crippen LogP contribution in [0.2, 0.25) is 0 Å². The zero-order valence-corrected chi connectivity index (χ0v) is 16.7.